The fourth-order valence-corrected chi connectivity index (χ4v) is 2.68. The van der Waals surface area contributed by atoms with Crippen LogP contribution in [0, 0.1) is 0 Å². The van der Waals surface area contributed by atoms with Gasteiger partial charge in [0.15, 0.2) is 5.82 Å². The number of hydrogen-bond donors (Lipinski definition) is 2. The molecule has 0 spiro atoms. The highest BCUT2D eigenvalue weighted by molar-refractivity contribution is 5.84. The molecule has 128 valence electrons. The summed E-state index contributed by atoms with van der Waals surface area (Å²) < 4.78 is 0. The Hall–Kier alpha value is -2.72. The van der Waals surface area contributed by atoms with Crippen LogP contribution in [0.15, 0.2) is 54.7 Å². The number of aromatic nitrogens is 2. The van der Waals surface area contributed by atoms with Crippen molar-refractivity contribution >= 4 is 17.0 Å². The number of fused-ring (bicyclic) bond motifs is 1. The summed E-state index contributed by atoms with van der Waals surface area (Å²) in [6.45, 7) is 1.81. The SMILES string of the molecule is CC(O)CCCC=Cc1ncc2cc(-c3ccc(O)cc3)ccc2n1. The molecule has 1 aromatic heterocycles. The Morgan fingerprint density at radius 3 is 2.60 bits per heavy atom. The number of phenolic OH excluding ortho intramolecular Hbond substituents is 1. The van der Waals surface area contributed by atoms with Gasteiger partial charge in [-0.25, -0.2) is 9.97 Å². The van der Waals surface area contributed by atoms with Gasteiger partial charge in [0.2, 0.25) is 0 Å². The van der Waals surface area contributed by atoms with Crippen LogP contribution in [0.3, 0.4) is 0 Å². The van der Waals surface area contributed by atoms with E-state index in [2.05, 4.69) is 16.0 Å². The van der Waals surface area contributed by atoms with E-state index in [4.69, 9.17) is 0 Å². The van der Waals surface area contributed by atoms with Crippen molar-refractivity contribution in [1.82, 2.24) is 9.97 Å². The number of hydrogen-bond acceptors (Lipinski definition) is 4. The number of aromatic hydroxyl groups is 1. The average molecular weight is 334 g/mol. The van der Waals surface area contributed by atoms with E-state index in [1.807, 2.05) is 49.5 Å². The second-order valence-electron chi connectivity index (χ2n) is 6.23. The summed E-state index contributed by atoms with van der Waals surface area (Å²) >= 11 is 0. The van der Waals surface area contributed by atoms with Crippen molar-refractivity contribution < 1.29 is 10.2 Å². The Bertz CT molecular complexity index is 871. The van der Waals surface area contributed by atoms with E-state index in [0.29, 0.717) is 5.82 Å². The third-order valence-electron chi connectivity index (χ3n) is 4.06. The van der Waals surface area contributed by atoms with Crippen LogP contribution in [0.5, 0.6) is 5.75 Å². The molecule has 0 bridgehead atoms. The van der Waals surface area contributed by atoms with Crippen molar-refractivity contribution in [2.45, 2.75) is 32.3 Å². The second kappa shape index (κ2) is 7.90. The van der Waals surface area contributed by atoms with Crippen LogP contribution in [-0.4, -0.2) is 26.3 Å². The molecule has 0 aliphatic carbocycles. The van der Waals surface area contributed by atoms with Crippen molar-refractivity contribution in [3.63, 3.8) is 0 Å². The normalized spacial score (nSPS) is 12.7. The standard InChI is InChI=1S/C21H22N2O2/c1-15(24)5-3-2-4-6-21-22-14-18-13-17(9-12-20(18)23-21)16-7-10-19(25)11-8-16/h4,6-15,24-25H,2-3,5H2,1H3. The Labute approximate surface area is 147 Å². The quantitative estimate of drug-likeness (QED) is 0.648. The number of benzene rings is 2. The van der Waals surface area contributed by atoms with E-state index in [-0.39, 0.29) is 11.9 Å². The highest BCUT2D eigenvalue weighted by atomic mass is 16.3. The highest BCUT2D eigenvalue weighted by Gasteiger charge is 2.02. The molecule has 0 aliphatic rings. The van der Waals surface area contributed by atoms with Crippen LogP contribution in [0.1, 0.15) is 32.0 Å². The molecule has 0 fully saturated rings. The number of aliphatic hydroxyl groups is 1. The van der Waals surface area contributed by atoms with E-state index in [1.54, 1.807) is 12.1 Å². The zero-order valence-corrected chi connectivity index (χ0v) is 14.3. The minimum absolute atomic E-state index is 0.243. The lowest BCUT2D eigenvalue weighted by molar-refractivity contribution is 0.182. The fourth-order valence-electron chi connectivity index (χ4n) is 2.68. The molecule has 3 rings (SSSR count). The molecular weight excluding hydrogens is 312 g/mol. The highest BCUT2D eigenvalue weighted by Crippen LogP contribution is 2.25. The van der Waals surface area contributed by atoms with Crippen molar-refractivity contribution in [1.29, 1.82) is 0 Å². The number of rotatable bonds is 6. The molecule has 1 heterocycles. The van der Waals surface area contributed by atoms with E-state index in [1.165, 1.54) is 0 Å². The lowest BCUT2D eigenvalue weighted by Gasteiger charge is -2.04. The number of allylic oxidation sites excluding steroid dienone is 1. The van der Waals surface area contributed by atoms with Crippen molar-refractivity contribution in [2.24, 2.45) is 0 Å². The Morgan fingerprint density at radius 1 is 1.08 bits per heavy atom. The fraction of sp³-hybridized carbons (Fsp3) is 0.238. The molecule has 0 radical (unpaired) electrons. The maximum Gasteiger partial charge on any atom is 0.152 e. The molecule has 2 N–H and O–H groups in total. The first kappa shape index (κ1) is 17.1. The maximum atomic E-state index is 9.40. The zero-order chi connectivity index (χ0) is 17.6. The van der Waals surface area contributed by atoms with Gasteiger partial charge in [0, 0.05) is 11.6 Å². The first-order valence-electron chi connectivity index (χ1n) is 8.52. The molecule has 1 atom stereocenters. The average Bonchev–Trinajstić information content (AvgIpc) is 2.61. The molecule has 0 aliphatic heterocycles. The minimum atomic E-state index is -0.243. The van der Waals surface area contributed by atoms with Crippen molar-refractivity contribution in [2.75, 3.05) is 0 Å². The van der Waals surface area contributed by atoms with Crippen molar-refractivity contribution in [3.05, 3.63) is 60.6 Å². The summed E-state index contributed by atoms with van der Waals surface area (Å²) in [5, 5.41) is 19.6. The molecule has 0 amide bonds. The van der Waals surface area contributed by atoms with Crippen LogP contribution < -0.4 is 0 Å². The smallest absolute Gasteiger partial charge is 0.152 e. The third-order valence-corrected chi connectivity index (χ3v) is 4.06. The summed E-state index contributed by atoms with van der Waals surface area (Å²) in [5.41, 5.74) is 3.01. The van der Waals surface area contributed by atoms with Crippen LogP contribution in [0.25, 0.3) is 28.1 Å². The van der Waals surface area contributed by atoms with Crippen LogP contribution in [-0.2, 0) is 0 Å². The summed E-state index contributed by atoms with van der Waals surface area (Å²) in [7, 11) is 0. The lowest BCUT2D eigenvalue weighted by Crippen LogP contribution is -1.97. The molecule has 0 saturated carbocycles. The predicted molar refractivity (Wildman–Crippen MR) is 101 cm³/mol. The first-order valence-corrected chi connectivity index (χ1v) is 8.52. The van der Waals surface area contributed by atoms with Crippen LogP contribution in [0.4, 0.5) is 0 Å². The number of unbranched alkanes of at least 4 members (excludes halogenated alkanes) is 1. The van der Waals surface area contributed by atoms with Gasteiger partial charge in [-0.2, -0.15) is 0 Å². The molecule has 25 heavy (non-hydrogen) atoms. The summed E-state index contributed by atoms with van der Waals surface area (Å²) in [6.07, 6.45) is 8.24. The van der Waals surface area contributed by atoms with Gasteiger partial charge in [-0.15, -0.1) is 0 Å². The van der Waals surface area contributed by atoms with Crippen LogP contribution >= 0.6 is 0 Å². The van der Waals surface area contributed by atoms with Gasteiger partial charge >= 0.3 is 0 Å². The monoisotopic (exact) mass is 334 g/mol. The largest absolute Gasteiger partial charge is 0.508 e. The number of nitrogens with zero attached hydrogens (tertiary/aromatic N) is 2. The first-order chi connectivity index (χ1) is 12.1. The number of phenols is 1. The van der Waals surface area contributed by atoms with Gasteiger partial charge < -0.3 is 10.2 Å². The van der Waals surface area contributed by atoms with E-state index < -0.39 is 0 Å². The number of aliphatic hydroxyl groups excluding tert-OH is 1. The summed E-state index contributed by atoms with van der Waals surface area (Å²) in [6, 6.07) is 13.2. The molecule has 0 saturated heterocycles. The van der Waals surface area contributed by atoms with Crippen molar-refractivity contribution in [3.8, 4) is 16.9 Å². The molecule has 4 nitrogen and oxygen atoms in total. The van der Waals surface area contributed by atoms with Gasteiger partial charge in [-0.1, -0.05) is 24.3 Å². The third kappa shape index (κ3) is 4.64. The Kier molecular flexibility index (Phi) is 5.41. The van der Waals surface area contributed by atoms with E-state index >= 15 is 0 Å². The zero-order valence-electron chi connectivity index (χ0n) is 14.3. The summed E-state index contributed by atoms with van der Waals surface area (Å²) in [4.78, 5) is 8.97. The Balaban J connectivity index is 1.74. The minimum Gasteiger partial charge on any atom is -0.508 e. The second-order valence-corrected chi connectivity index (χ2v) is 6.23. The summed E-state index contributed by atoms with van der Waals surface area (Å²) in [5.74, 6) is 0.958. The topological polar surface area (TPSA) is 66.2 Å². The molecule has 4 heteroatoms. The van der Waals surface area contributed by atoms with Gasteiger partial charge in [0.25, 0.3) is 0 Å². The maximum absolute atomic E-state index is 9.40. The molecule has 1 unspecified atom stereocenters. The van der Waals surface area contributed by atoms with Gasteiger partial charge in [-0.05, 0) is 67.7 Å². The van der Waals surface area contributed by atoms with E-state index in [9.17, 15) is 10.2 Å². The van der Waals surface area contributed by atoms with E-state index in [0.717, 1.165) is 41.3 Å². The van der Waals surface area contributed by atoms with Crippen LogP contribution in [0.2, 0.25) is 0 Å². The molecular formula is C21H22N2O2. The predicted octanol–water partition coefficient (Wildman–Crippen LogP) is 4.57. The molecule has 2 aromatic carbocycles. The molecule has 3 aromatic rings. The van der Waals surface area contributed by atoms with Gasteiger partial charge in [-0.3, -0.25) is 0 Å². The lowest BCUT2D eigenvalue weighted by atomic mass is 10.0. The Morgan fingerprint density at radius 2 is 1.84 bits per heavy atom. The van der Waals surface area contributed by atoms with Gasteiger partial charge in [0.05, 0.1) is 11.6 Å². The van der Waals surface area contributed by atoms with Gasteiger partial charge in [0.1, 0.15) is 5.75 Å².